The first kappa shape index (κ1) is 10.8. The van der Waals surface area contributed by atoms with E-state index in [0.717, 1.165) is 11.8 Å². The van der Waals surface area contributed by atoms with Gasteiger partial charge in [-0.1, -0.05) is 12.1 Å². The number of hydrogen-bond donors (Lipinski definition) is 1. The lowest BCUT2D eigenvalue weighted by atomic mass is 10.2. The van der Waals surface area contributed by atoms with E-state index in [2.05, 4.69) is 5.10 Å². The summed E-state index contributed by atoms with van der Waals surface area (Å²) in [5.74, 6) is 0. The molecule has 16 heavy (non-hydrogen) atoms. The van der Waals surface area contributed by atoms with Crippen molar-refractivity contribution in [3.63, 3.8) is 0 Å². The Kier molecular flexibility index (Phi) is 2.96. The standard InChI is InChI=1S/C11H10F2N2O/c12-11(13)9-5-14-15(6-9)10-3-1-8(7-16)2-4-10/h1-6,11,16H,7H2. The van der Waals surface area contributed by atoms with Crippen molar-refractivity contribution in [2.45, 2.75) is 13.0 Å². The van der Waals surface area contributed by atoms with Crippen molar-refractivity contribution in [1.29, 1.82) is 0 Å². The Hall–Kier alpha value is -1.75. The summed E-state index contributed by atoms with van der Waals surface area (Å²) in [6, 6.07) is 6.87. The maximum absolute atomic E-state index is 12.3. The molecule has 0 unspecified atom stereocenters. The minimum Gasteiger partial charge on any atom is -0.392 e. The number of rotatable bonds is 3. The normalized spacial score (nSPS) is 11.0. The zero-order chi connectivity index (χ0) is 11.5. The third kappa shape index (κ3) is 2.09. The van der Waals surface area contributed by atoms with Crippen LogP contribution in [-0.4, -0.2) is 14.9 Å². The SMILES string of the molecule is OCc1ccc(-n2cc(C(F)F)cn2)cc1. The van der Waals surface area contributed by atoms with Crippen molar-refractivity contribution in [2.75, 3.05) is 0 Å². The van der Waals surface area contributed by atoms with Gasteiger partial charge < -0.3 is 5.11 Å². The monoisotopic (exact) mass is 224 g/mol. The van der Waals surface area contributed by atoms with Gasteiger partial charge in [0, 0.05) is 6.20 Å². The predicted octanol–water partition coefficient (Wildman–Crippen LogP) is 2.30. The van der Waals surface area contributed by atoms with Gasteiger partial charge in [-0.05, 0) is 17.7 Å². The minimum absolute atomic E-state index is 0.0400. The van der Waals surface area contributed by atoms with Crippen molar-refractivity contribution in [3.05, 3.63) is 47.8 Å². The Morgan fingerprint density at radius 3 is 2.44 bits per heavy atom. The highest BCUT2D eigenvalue weighted by Crippen LogP contribution is 2.19. The van der Waals surface area contributed by atoms with Crippen LogP contribution in [-0.2, 0) is 6.61 Å². The van der Waals surface area contributed by atoms with Crippen molar-refractivity contribution in [2.24, 2.45) is 0 Å². The highest BCUT2D eigenvalue weighted by Gasteiger charge is 2.09. The molecule has 0 atom stereocenters. The summed E-state index contributed by atoms with van der Waals surface area (Å²) in [4.78, 5) is 0. The number of benzene rings is 1. The van der Waals surface area contributed by atoms with Crippen molar-refractivity contribution in [3.8, 4) is 5.69 Å². The van der Waals surface area contributed by atoms with Crippen LogP contribution in [0.3, 0.4) is 0 Å². The van der Waals surface area contributed by atoms with Crippen LogP contribution in [0.2, 0.25) is 0 Å². The molecule has 2 rings (SSSR count). The van der Waals surface area contributed by atoms with Crippen molar-refractivity contribution in [1.82, 2.24) is 9.78 Å². The molecule has 0 saturated carbocycles. The second-order valence-electron chi connectivity index (χ2n) is 3.34. The molecule has 0 bridgehead atoms. The van der Waals surface area contributed by atoms with Gasteiger partial charge in [0.05, 0.1) is 24.1 Å². The van der Waals surface area contributed by atoms with Crippen LogP contribution in [0.25, 0.3) is 5.69 Å². The van der Waals surface area contributed by atoms with Crippen molar-refractivity contribution < 1.29 is 13.9 Å². The van der Waals surface area contributed by atoms with Gasteiger partial charge in [-0.3, -0.25) is 0 Å². The number of alkyl halides is 2. The lowest BCUT2D eigenvalue weighted by Crippen LogP contribution is -1.94. The fraction of sp³-hybridized carbons (Fsp3) is 0.182. The average molecular weight is 224 g/mol. The van der Waals surface area contributed by atoms with Crippen LogP contribution in [0.1, 0.15) is 17.6 Å². The molecule has 3 nitrogen and oxygen atoms in total. The van der Waals surface area contributed by atoms with E-state index in [1.54, 1.807) is 24.3 Å². The third-order valence-electron chi connectivity index (χ3n) is 2.24. The zero-order valence-corrected chi connectivity index (χ0v) is 8.35. The fourth-order valence-corrected chi connectivity index (χ4v) is 1.34. The minimum atomic E-state index is -2.51. The Morgan fingerprint density at radius 2 is 1.94 bits per heavy atom. The summed E-state index contributed by atoms with van der Waals surface area (Å²) in [6.07, 6.45) is -0.0751. The van der Waals surface area contributed by atoms with E-state index in [1.165, 1.54) is 10.9 Å². The Balaban J connectivity index is 2.28. The van der Waals surface area contributed by atoms with Gasteiger partial charge in [-0.15, -0.1) is 0 Å². The fourth-order valence-electron chi connectivity index (χ4n) is 1.34. The highest BCUT2D eigenvalue weighted by atomic mass is 19.3. The molecule has 0 aliphatic rings. The van der Waals surface area contributed by atoms with Crippen molar-refractivity contribution >= 4 is 0 Å². The summed E-state index contributed by atoms with van der Waals surface area (Å²) in [7, 11) is 0. The lowest BCUT2D eigenvalue weighted by Gasteiger charge is -2.01. The first-order valence-electron chi connectivity index (χ1n) is 4.73. The zero-order valence-electron chi connectivity index (χ0n) is 8.35. The molecule has 84 valence electrons. The average Bonchev–Trinajstić information content (AvgIpc) is 2.78. The van der Waals surface area contributed by atoms with Crippen LogP contribution in [0.5, 0.6) is 0 Å². The molecule has 1 aromatic carbocycles. The number of aliphatic hydroxyl groups excluding tert-OH is 1. The second-order valence-corrected chi connectivity index (χ2v) is 3.34. The molecule has 1 heterocycles. The Morgan fingerprint density at radius 1 is 1.25 bits per heavy atom. The molecule has 1 aromatic heterocycles. The topological polar surface area (TPSA) is 38.0 Å². The molecular weight excluding hydrogens is 214 g/mol. The number of hydrogen-bond acceptors (Lipinski definition) is 2. The molecule has 2 aromatic rings. The van der Waals surface area contributed by atoms with E-state index in [1.807, 2.05) is 0 Å². The Bertz CT molecular complexity index is 465. The van der Waals surface area contributed by atoms with E-state index >= 15 is 0 Å². The van der Waals surface area contributed by atoms with Crippen LogP contribution in [0.4, 0.5) is 8.78 Å². The van der Waals surface area contributed by atoms with Gasteiger partial charge in [0.25, 0.3) is 6.43 Å². The molecule has 0 saturated heterocycles. The molecule has 0 spiro atoms. The first-order valence-corrected chi connectivity index (χ1v) is 4.73. The molecule has 0 fully saturated rings. The summed E-state index contributed by atoms with van der Waals surface area (Å²) < 4.78 is 26.0. The second kappa shape index (κ2) is 4.40. The summed E-state index contributed by atoms with van der Waals surface area (Å²) >= 11 is 0. The molecule has 1 N–H and O–H groups in total. The van der Waals surface area contributed by atoms with Crippen LogP contribution < -0.4 is 0 Å². The van der Waals surface area contributed by atoms with Crippen LogP contribution in [0, 0.1) is 0 Å². The first-order chi connectivity index (χ1) is 7.70. The molecule has 5 heteroatoms. The van der Waals surface area contributed by atoms with E-state index in [4.69, 9.17) is 5.11 Å². The number of aromatic nitrogens is 2. The molecule has 0 radical (unpaired) electrons. The van der Waals surface area contributed by atoms with Gasteiger partial charge in [0.1, 0.15) is 0 Å². The maximum Gasteiger partial charge on any atom is 0.266 e. The summed E-state index contributed by atoms with van der Waals surface area (Å²) in [5, 5.41) is 12.7. The van der Waals surface area contributed by atoms with E-state index in [0.29, 0.717) is 5.69 Å². The van der Waals surface area contributed by atoms with Crippen LogP contribution >= 0.6 is 0 Å². The molecule has 0 aliphatic carbocycles. The lowest BCUT2D eigenvalue weighted by molar-refractivity contribution is 0.151. The smallest absolute Gasteiger partial charge is 0.266 e. The van der Waals surface area contributed by atoms with E-state index < -0.39 is 6.43 Å². The van der Waals surface area contributed by atoms with E-state index in [9.17, 15) is 8.78 Å². The quantitative estimate of drug-likeness (QED) is 0.868. The van der Waals surface area contributed by atoms with Crippen LogP contribution in [0.15, 0.2) is 36.7 Å². The predicted molar refractivity (Wildman–Crippen MR) is 54.4 cm³/mol. The number of halogens is 2. The highest BCUT2D eigenvalue weighted by molar-refractivity contribution is 5.34. The molecule has 0 aliphatic heterocycles. The number of aliphatic hydroxyl groups is 1. The van der Waals surface area contributed by atoms with Gasteiger partial charge in [-0.25, -0.2) is 13.5 Å². The van der Waals surface area contributed by atoms with Gasteiger partial charge in [-0.2, -0.15) is 5.10 Å². The van der Waals surface area contributed by atoms with Gasteiger partial charge in [0.15, 0.2) is 0 Å². The summed E-state index contributed by atoms with van der Waals surface area (Å²) in [5.41, 5.74) is 1.35. The third-order valence-corrected chi connectivity index (χ3v) is 2.24. The largest absolute Gasteiger partial charge is 0.392 e. The maximum atomic E-state index is 12.3. The Labute approximate surface area is 91.0 Å². The summed E-state index contributed by atoms with van der Waals surface area (Å²) in [6.45, 7) is -0.0400. The van der Waals surface area contributed by atoms with E-state index in [-0.39, 0.29) is 12.2 Å². The molecule has 0 amide bonds. The van der Waals surface area contributed by atoms with Gasteiger partial charge in [0.2, 0.25) is 0 Å². The molecular formula is C11H10F2N2O. The number of nitrogens with zero attached hydrogens (tertiary/aromatic N) is 2. The van der Waals surface area contributed by atoms with Gasteiger partial charge >= 0.3 is 0 Å².